The van der Waals surface area contributed by atoms with E-state index >= 15 is 0 Å². The molecule has 0 N–H and O–H groups in total. The van der Waals surface area contributed by atoms with E-state index in [1.807, 2.05) is 11.5 Å². The van der Waals surface area contributed by atoms with E-state index in [9.17, 15) is 9.59 Å². The van der Waals surface area contributed by atoms with Crippen molar-refractivity contribution in [3.05, 3.63) is 18.2 Å². The minimum absolute atomic E-state index is 0.00356. The van der Waals surface area contributed by atoms with Crippen LogP contribution in [0.15, 0.2) is 12.5 Å². The average Bonchev–Trinajstić information content (AvgIpc) is 2.63. The molecule has 0 radical (unpaired) electrons. The summed E-state index contributed by atoms with van der Waals surface area (Å²) in [6, 6.07) is 0. The molecule has 0 saturated heterocycles. The Morgan fingerprint density at radius 3 is 2.73 bits per heavy atom. The van der Waals surface area contributed by atoms with Gasteiger partial charge >= 0.3 is 0 Å². The van der Waals surface area contributed by atoms with Gasteiger partial charge in [-0.2, -0.15) is 0 Å². The van der Waals surface area contributed by atoms with Crippen molar-refractivity contribution in [2.75, 3.05) is 0 Å². The number of ketones is 2. The van der Waals surface area contributed by atoms with Crippen molar-refractivity contribution in [3.63, 3.8) is 0 Å². The maximum absolute atomic E-state index is 11.7. The number of aryl methyl sites for hydroxylation is 1. The van der Waals surface area contributed by atoms with E-state index in [1.165, 1.54) is 6.92 Å². The molecule has 0 bridgehead atoms. The molecule has 0 spiro atoms. The SMILES string of the molecule is CCCn1cncc1C(=O)CCC(C)=O. The second-order valence-corrected chi connectivity index (χ2v) is 3.60. The molecule has 0 amide bonds. The lowest BCUT2D eigenvalue weighted by molar-refractivity contribution is -0.116. The molecule has 1 rings (SSSR count). The van der Waals surface area contributed by atoms with Crippen molar-refractivity contribution >= 4 is 11.6 Å². The monoisotopic (exact) mass is 208 g/mol. The summed E-state index contributed by atoms with van der Waals surface area (Å²) in [7, 11) is 0. The molecule has 82 valence electrons. The van der Waals surface area contributed by atoms with Crippen molar-refractivity contribution in [1.29, 1.82) is 0 Å². The van der Waals surface area contributed by atoms with Crippen LogP contribution in [-0.4, -0.2) is 21.1 Å². The van der Waals surface area contributed by atoms with Crippen LogP contribution in [0, 0.1) is 0 Å². The third kappa shape index (κ3) is 3.31. The van der Waals surface area contributed by atoms with E-state index in [1.54, 1.807) is 12.5 Å². The number of Topliss-reactive ketones (excluding diaryl/α,β-unsaturated/α-hetero) is 2. The fourth-order valence-electron chi connectivity index (χ4n) is 1.39. The fraction of sp³-hybridized carbons (Fsp3) is 0.545. The van der Waals surface area contributed by atoms with Gasteiger partial charge < -0.3 is 9.36 Å². The lowest BCUT2D eigenvalue weighted by atomic mass is 10.1. The van der Waals surface area contributed by atoms with Gasteiger partial charge in [0.2, 0.25) is 0 Å². The average molecular weight is 208 g/mol. The van der Waals surface area contributed by atoms with Crippen LogP contribution in [0.4, 0.5) is 0 Å². The number of imidazole rings is 1. The summed E-state index contributed by atoms with van der Waals surface area (Å²) in [5, 5.41) is 0. The zero-order chi connectivity index (χ0) is 11.3. The smallest absolute Gasteiger partial charge is 0.181 e. The van der Waals surface area contributed by atoms with Crippen LogP contribution >= 0.6 is 0 Å². The van der Waals surface area contributed by atoms with Crippen LogP contribution in [0.5, 0.6) is 0 Å². The summed E-state index contributed by atoms with van der Waals surface area (Å²) in [4.78, 5) is 26.4. The van der Waals surface area contributed by atoms with Gasteiger partial charge in [0.05, 0.1) is 12.5 Å². The Kier molecular flexibility index (Phi) is 4.21. The Balaban J connectivity index is 2.64. The minimum atomic E-state index is -0.00356. The van der Waals surface area contributed by atoms with Gasteiger partial charge in [-0.3, -0.25) is 4.79 Å². The van der Waals surface area contributed by atoms with Gasteiger partial charge in [0, 0.05) is 19.4 Å². The van der Waals surface area contributed by atoms with E-state index in [-0.39, 0.29) is 18.0 Å². The van der Waals surface area contributed by atoms with Gasteiger partial charge in [0.15, 0.2) is 5.78 Å². The lowest BCUT2D eigenvalue weighted by Crippen LogP contribution is -2.09. The Morgan fingerprint density at radius 2 is 2.13 bits per heavy atom. The highest BCUT2D eigenvalue weighted by Crippen LogP contribution is 2.06. The molecule has 4 heteroatoms. The Bertz CT molecular complexity index is 355. The van der Waals surface area contributed by atoms with E-state index in [4.69, 9.17) is 0 Å². The quantitative estimate of drug-likeness (QED) is 0.670. The molecule has 0 atom stereocenters. The van der Waals surface area contributed by atoms with E-state index < -0.39 is 0 Å². The zero-order valence-electron chi connectivity index (χ0n) is 9.19. The van der Waals surface area contributed by atoms with Gasteiger partial charge in [0.1, 0.15) is 11.5 Å². The number of carbonyl (C=O) groups excluding carboxylic acids is 2. The molecule has 1 aromatic heterocycles. The van der Waals surface area contributed by atoms with Gasteiger partial charge in [-0.25, -0.2) is 4.98 Å². The molecule has 15 heavy (non-hydrogen) atoms. The molecule has 1 heterocycles. The first-order valence-electron chi connectivity index (χ1n) is 5.18. The number of rotatable bonds is 6. The van der Waals surface area contributed by atoms with Crippen molar-refractivity contribution in [1.82, 2.24) is 9.55 Å². The van der Waals surface area contributed by atoms with Crippen molar-refractivity contribution in [2.24, 2.45) is 0 Å². The van der Waals surface area contributed by atoms with Crippen molar-refractivity contribution in [3.8, 4) is 0 Å². The standard InChI is InChI=1S/C11H16N2O2/c1-3-6-13-8-12-7-10(13)11(15)5-4-9(2)14/h7-8H,3-6H2,1-2H3. The molecule has 0 aliphatic heterocycles. The van der Waals surface area contributed by atoms with E-state index in [2.05, 4.69) is 4.98 Å². The van der Waals surface area contributed by atoms with Gasteiger partial charge in [0.25, 0.3) is 0 Å². The van der Waals surface area contributed by atoms with Crippen LogP contribution in [0.2, 0.25) is 0 Å². The van der Waals surface area contributed by atoms with Crippen molar-refractivity contribution in [2.45, 2.75) is 39.7 Å². The summed E-state index contributed by atoms with van der Waals surface area (Å²) in [6.07, 6.45) is 4.78. The molecule has 0 unspecified atom stereocenters. The van der Waals surface area contributed by atoms with Crippen LogP contribution in [0.1, 0.15) is 43.6 Å². The summed E-state index contributed by atoms with van der Waals surface area (Å²) >= 11 is 0. The van der Waals surface area contributed by atoms with Crippen LogP contribution < -0.4 is 0 Å². The summed E-state index contributed by atoms with van der Waals surface area (Å²) in [6.45, 7) is 4.33. The van der Waals surface area contributed by atoms with Crippen LogP contribution in [0.25, 0.3) is 0 Å². The van der Waals surface area contributed by atoms with Gasteiger partial charge in [-0.05, 0) is 13.3 Å². The molecular weight excluding hydrogens is 192 g/mol. The first kappa shape index (κ1) is 11.6. The van der Waals surface area contributed by atoms with E-state index in [0.717, 1.165) is 13.0 Å². The van der Waals surface area contributed by atoms with Crippen LogP contribution in [-0.2, 0) is 11.3 Å². The van der Waals surface area contributed by atoms with Gasteiger partial charge in [-0.1, -0.05) is 6.92 Å². The predicted octanol–water partition coefficient (Wildman–Crippen LogP) is 1.84. The number of carbonyl (C=O) groups is 2. The highest BCUT2D eigenvalue weighted by Gasteiger charge is 2.11. The summed E-state index contributed by atoms with van der Waals surface area (Å²) < 4.78 is 1.84. The zero-order valence-corrected chi connectivity index (χ0v) is 9.19. The highest BCUT2D eigenvalue weighted by molar-refractivity contribution is 5.96. The second-order valence-electron chi connectivity index (χ2n) is 3.60. The normalized spacial score (nSPS) is 10.3. The largest absolute Gasteiger partial charge is 0.328 e. The topological polar surface area (TPSA) is 52.0 Å². The lowest BCUT2D eigenvalue weighted by Gasteiger charge is -2.04. The molecule has 0 aliphatic rings. The molecule has 0 saturated carbocycles. The molecular formula is C11H16N2O2. The second kappa shape index (κ2) is 5.44. The number of hydrogen-bond acceptors (Lipinski definition) is 3. The predicted molar refractivity (Wildman–Crippen MR) is 56.8 cm³/mol. The first-order chi connectivity index (χ1) is 7.15. The third-order valence-electron chi connectivity index (χ3n) is 2.17. The maximum atomic E-state index is 11.7. The van der Waals surface area contributed by atoms with Crippen LogP contribution in [0.3, 0.4) is 0 Å². The maximum Gasteiger partial charge on any atom is 0.181 e. The summed E-state index contributed by atoms with van der Waals surface area (Å²) in [5.74, 6) is 0.0426. The Hall–Kier alpha value is -1.45. The highest BCUT2D eigenvalue weighted by atomic mass is 16.1. The molecule has 0 fully saturated rings. The molecule has 4 nitrogen and oxygen atoms in total. The number of aromatic nitrogens is 2. The van der Waals surface area contributed by atoms with E-state index in [0.29, 0.717) is 12.1 Å². The minimum Gasteiger partial charge on any atom is -0.328 e. The number of hydrogen-bond donors (Lipinski definition) is 0. The van der Waals surface area contributed by atoms with Gasteiger partial charge in [-0.15, -0.1) is 0 Å². The fourth-order valence-corrected chi connectivity index (χ4v) is 1.39. The Morgan fingerprint density at radius 1 is 1.40 bits per heavy atom. The third-order valence-corrected chi connectivity index (χ3v) is 2.17. The van der Waals surface area contributed by atoms with Crippen molar-refractivity contribution < 1.29 is 9.59 Å². The molecule has 1 aromatic rings. The molecule has 0 aromatic carbocycles. The number of nitrogens with zero attached hydrogens (tertiary/aromatic N) is 2. The molecule has 0 aliphatic carbocycles. The first-order valence-corrected chi connectivity index (χ1v) is 5.18. The summed E-state index contributed by atoms with van der Waals surface area (Å²) in [5.41, 5.74) is 0.609. The Labute approximate surface area is 89.3 Å².